The molecule has 3 heterocycles. The van der Waals surface area contributed by atoms with E-state index in [0.29, 0.717) is 49.2 Å². The number of urea groups is 1. The molecule has 3 aliphatic rings. The number of amides is 4. The van der Waals surface area contributed by atoms with E-state index in [0.717, 1.165) is 32.4 Å². The zero-order valence-electron chi connectivity index (χ0n) is 20.5. The largest absolute Gasteiger partial charge is 0.495 e. The Bertz CT molecular complexity index is 936. The van der Waals surface area contributed by atoms with E-state index in [1.165, 1.54) is 12.0 Å². The smallest absolute Gasteiger partial charge is 0.328 e. The van der Waals surface area contributed by atoms with Gasteiger partial charge in [-0.2, -0.15) is 0 Å². The summed E-state index contributed by atoms with van der Waals surface area (Å²) in [5.41, 5.74) is 0.941. The van der Waals surface area contributed by atoms with Crippen molar-refractivity contribution in [1.82, 2.24) is 15.1 Å². The van der Waals surface area contributed by atoms with Crippen LogP contribution in [-0.2, 0) is 9.53 Å². The monoisotopic (exact) mass is 490 g/mol. The summed E-state index contributed by atoms with van der Waals surface area (Å²) in [6.07, 6.45) is 1.40. The number of ether oxygens (including phenoxy) is 2. The molecule has 0 bridgehead atoms. The second-order valence-corrected chi connectivity index (χ2v) is 9.44. The zero-order valence-corrected chi connectivity index (χ0v) is 20.5. The Morgan fingerprint density at radius 3 is 2.57 bits per heavy atom. The Balaban J connectivity index is 1.34. The molecule has 0 radical (unpaired) electrons. The number of piperidine rings is 2. The summed E-state index contributed by atoms with van der Waals surface area (Å²) in [7, 11) is 1.50. The lowest BCUT2D eigenvalue weighted by molar-refractivity contribution is -0.120. The first-order valence-corrected chi connectivity index (χ1v) is 12.5. The molecule has 35 heavy (non-hydrogen) atoms. The van der Waals surface area contributed by atoms with Crippen molar-refractivity contribution in [3.05, 3.63) is 23.8 Å². The van der Waals surface area contributed by atoms with Crippen LogP contribution >= 0.6 is 0 Å². The Morgan fingerprint density at radius 1 is 1.14 bits per heavy atom. The number of carbonyl (C=O) groups is 3. The van der Waals surface area contributed by atoms with Crippen molar-refractivity contribution in [3.8, 4) is 5.75 Å². The van der Waals surface area contributed by atoms with Gasteiger partial charge in [-0.15, -0.1) is 0 Å². The van der Waals surface area contributed by atoms with E-state index in [2.05, 4.69) is 10.2 Å². The quantitative estimate of drug-likeness (QED) is 0.631. The molecule has 3 aliphatic heterocycles. The van der Waals surface area contributed by atoms with Gasteiger partial charge in [-0.25, -0.2) is 9.18 Å². The lowest BCUT2D eigenvalue weighted by atomic mass is 9.94. The zero-order chi connectivity index (χ0) is 24.9. The summed E-state index contributed by atoms with van der Waals surface area (Å²) in [5, 5.41) is 2.30. The first-order chi connectivity index (χ1) is 16.9. The number of anilines is 1. The average Bonchev–Trinajstić information content (AvgIpc) is 2.85. The summed E-state index contributed by atoms with van der Waals surface area (Å²) in [5.74, 6) is 0.475. The fourth-order valence-corrected chi connectivity index (χ4v) is 5.21. The lowest BCUT2D eigenvalue weighted by Gasteiger charge is -2.38. The molecule has 9 nitrogen and oxygen atoms in total. The first-order valence-electron chi connectivity index (χ1n) is 12.5. The van der Waals surface area contributed by atoms with Crippen LogP contribution < -0.4 is 15.0 Å². The Morgan fingerprint density at radius 2 is 1.91 bits per heavy atom. The highest BCUT2D eigenvalue weighted by atomic mass is 19.1. The van der Waals surface area contributed by atoms with Crippen molar-refractivity contribution in [2.45, 2.75) is 44.9 Å². The van der Waals surface area contributed by atoms with Crippen molar-refractivity contribution in [1.29, 1.82) is 0 Å². The molecule has 0 aromatic heterocycles. The number of likely N-dealkylation sites (tertiary alicyclic amines) is 2. The number of hydrogen-bond donors (Lipinski definition) is 1. The van der Waals surface area contributed by atoms with E-state index in [4.69, 9.17) is 9.47 Å². The van der Waals surface area contributed by atoms with Gasteiger partial charge in [0.1, 0.15) is 11.9 Å². The molecule has 1 N–H and O–H groups in total. The Kier molecular flexibility index (Phi) is 8.22. The van der Waals surface area contributed by atoms with E-state index in [1.807, 2.05) is 11.8 Å². The molecule has 3 saturated heterocycles. The molecule has 10 heteroatoms. The second kappa shape index (κ2) is 11.3. The maximum atomic E-state index is 14.4. The molecule has 1 aromatic rings. The average molecular weight is 491 g/mol. The topological polar surface area (TPSA) is 91.4 Å². The number of imide groups is 1. The third kappa shape index (κ3) is 5.92. The molecule has 1 aromatic carbocycles. The SMILES string of the molecule is CCOC1CCN(CC2CCN(C(=O)c3ccc(OC)c(N4CCC(=O)NC4=O)c3)CC2)CC1F. The maximum absolute atomic E-state index is 14.4. The van der Waals surface area contributed by atoms with Crippen LogP contribution in [0.1, 0.15) is 43.0 Å². The van der Waals surface area contributed by atoms with Crippen LogP contribution in [0.3, 0.4) is 0 Å². The number of halogens is 1. The molecule has 0 spiro atoms. The van der Waals surface area contributed by atoms with Crippen LogP contribution in [0, 0.1) is 5.92 Å². The molecule has 0 aliphatic carbocycles. The fourth-order valence-electron chi connectivity index (χ4n) is 5.21. The number of rotatable bonds is 7. The lowest BCUT2D eigenvalue weighted by Crippen LogP contribution is -2.49. The predicted octanol–water partition coefficient (Wildman–Crippen LogP) is 2.44. The van der Waals surface area contributed by atoms with Crippen LogP contribution in [-0.4, -0.2) is 92.9 Å². The van der Waals surface area contributed by atoms with Crippen LogP contribution in [0.25, 0.3) is 0 Å². The van der Waals surface area contributed by atoms with Gasteiger partial charge < -0.3 is 14.4 Å². The van der Waals surface area contributed by atoms with E-state index >= 15 is 0 Å². The van der Waals surface area contributed by atoms with Gasteiger partial charge in [0.25, 0.3) is 5.91 Å². The van der Waals surface area contributed by atoms with E-state index in [1.54, 1.807) is 18.2 Å². The minimum atomic E-state index is -0.949. The molecule has 192 valence electrons. The number of nitrogens with one attached hydrogen (secondary N) is 1. The van der Waals surface area contributed by atoms with Gasteiger partial charge in [0, 0.05) is 57.9 Å². The van der Waals surface area contributed by atoms with E-state index < -0.39 is 12.2 Å². The van der Waals surface area contributed by atoms with Crippen molar-refractivity contribution in [3.63, 3.8) is 0 Å². The molecule has 3 fully saturated rings. The van der Waals surface area contributed by atoms with Crippen LogP contribution in [0.15, 0.2) is 18.2 Å². The van der Waals surface area contributed by atoms with Crippen LogP contribution in [0.5, 0.6) is 5.75 Å². The maximum Gasteiger partial charge on any atom is 0.328 e. The van der Waals surface area contributed by atoms with Gasteiger partial charge in [0.05, 0.1) is 18.9 Å². The normalized spacial score (nSPS) is 24.4. The predicted molar refractivity (Wildman–Crippen MR) is 128 cm³/mol. The highest BCUT2D eigenvalue weighted by molar-refractivity contribution is 6.07. The fraction of sp³-hybridized carbons (Fsp3) is 0.640. The van der Waals surface area contributed by atoms with Gasteiger partial charge in [-0.1, -0.05) is 0 Å². The molecule has 0 saturated carbocycles. The minimum Gasteiger partial charge on any atom is -0.495 e. The summed E-state index contributed by atoms with van der Waals surface area (Å²) < 4.78 is 25.3. The molecular formula is C25H35FN4O5. The Labute approximate surface area is 205 Å². The number of alkyl halides is 1. The van der Waals surface area contributed by atoms with Crippen molar-refractivity contribution in [2.24, 2.45) is 5.92 Å². The molecular weight excluding hydrogens is 455 g/mol. The third-order valence-electron chi connectivity index (χ3n) is 7.14. The standard InChI is InChI=1S/C25H35FN4O5/c1-3-35-21-8-10-28(16-19(21)26)15-17-6-11-29(12-7-17)24(32)18-4-5-22(34-2)20(14-18)30-13-9-23(31)27-25(30)33/h4-5,14,17,19,21H,3,6-13,15-16H2,1-2H3,(H,27,31,33). The van der Waals surface area contributed by atoms with E-state index in [-0.39, 0.29) is 30.9 Å². The number of hydrogen-bond acceptors (Lipinski definition) is 6. The second-order valence-electron chi connectivity index (χ2n) is 9.44. The summed E-state index contributed by atoms with van der Waals surface area (Å²) in [6.45, 7) is 6.03. The summed E-state index contributed by atoms with van der Waals surface area (Å²) in [4.78, 5) is 42.5. The minimum absolute atomic E-state index is 0.0952. The van der Waals surface area contributed by atoms with Crippen molar-refractivity contribution < 1.29 is 28.2 Å². The van der Waals surface area contributed by atoms with E-state index in [9.17, 15) is 18.8 Å². The van der Waals surface area contributed by atoms with Crippen LogP contribution in [0.2, 0.25) is 0 Å². The van der Waals surface area contributed by atoms with Gasteiger partial charge >= 0.3 is 6.03 Å². The highest BCUT2D eigenvalue weighted by Gasteiger charge is 2.32. The highest BCUT2D eigenvalue weighted by Crippen LogP contribution is 2.32. The van der Waals surface area contributed by atoms with Gasteiger partial charge in [0.2, 0.25) is 5.91 Å². The van der Waals surface area contributed by atoms with Crippen molar-refractivity contribution >= 4 is 23.5 Å². The van der Waals surface area contributed by atoms with Gasteiger partial charge in [-0.3, -0.25) is 24.7 Å². The number of nitrogens with zero attached hydrogens (tertiary/aromatic N) is 3. The van der Waals surface area contributed by atoms with Gasteiger partial charge in [0.15, 0.2) is 0 Å². The van der Waals surface area contributed by atoms with Crippen LogP contribution in [0.4, 0.5) is 14.9 Å². The molecule has 2 atom stereocenters. The number of methoxy groups -OCH3 is 1. The molecule has 2 unspecified atom stereocenters. The molecule has 4 rings (SSSR count). The van der Waals surface area contributed by atoms with Gasteiger partial charge in [-0.05, 0) is 50.3 Å². The third-order valence-corrected chi connectivity index (χ3v) is 7.14. The molecule has 4 amide bonds. The summed E-state index contributed by atoms with van der Waals surface area (Å²) >= 11 is 0. The van der Waals surface area contributed by atoms with Crippen molar-refractivity contribution in [2.75, 3.05) is 57.9 Å². The number of benzene rings is 1. The summed E-state index contributed by atoms with van der Waals surface area (Å²) in [6, 6.07) is 4.52. The number of carbonyl (C=O) groups excluding carboxylic acids is 3. The Hall–Kier alpha value is -2.72. The first kappa shape index (κ1) is 25.4.